The molecule has 1 aliphatic carbocycles. The first-order valence-corrected chi connectivity index (χ1v) is 7.76. The highest BCUT2D eigenvalue weighted by molar-refractivity contribution is 7.99. The first kappa shape index (κ1) is 14.5. The molecule has 0 amide bonds. The van der Waals surface area contributed by atoms with Crippen molar-refractivity contribution in [2.45, 2.75) is 37.1 Å². The van der Waals surface area contributed by atoms with Gasteiger partial charge in [-0.15, -0.1) is 11.8 Å². The molecule has 1 aliphatic rings. The van der Waals surface area contributed by atoms with Crippen molar-refractivity contribution in [3.05, 3.63) is 17.7 Å². The molecule has 106 valence electrons. The van der Waals surface area contributed by atoms with E-state index in [2.05, 4.69) is 6.07 Å². The van der Waals surface area contributed by atoms with E-state index in [9.17, 15) is 0 Å². The highest BCUT2D eigenvalue weighted by Gasteiger charge is 2.23. The zero-order chi connectivity index (χ0) is 13.8. The van der Waals surface area contributed by atoms with Gasteiger partial charge in [0.1, 0.15) is 11.5 Å². The molecule has 2 N–H and O–H groups in total. The third-order valence-corrected chi connectivity index (χ3v) is 4.51. The average Bonchev–Trinajstić information content (AvgIpc) is 3.19. The van der Waals surface area contributed by atoms with E-state index in [4.69, 9.17) is 15.2 Å². The van der Waals surface area contributed by atoms with E-state index >= 15 is 0 Å². The van der Waals surface area contributed by atoms with Gasteiger partial charge in [0, 0.05) is 17.4 Å². The number of hydrogen-bond donors (Lipinski definition) is 1. The Bertz CT molecular complexity index is 430. The molecule has 1 aromatic rings. The summed E-state index contributed by atoms with van der Waals surface area (Å²) in [7, 11) is 3.43. The fourth-order valence-corrected chi connectivity index (χ4v) is 3.37. The minimum atomic E-state index is 0.113. The third-order valence-electron chi connectivity index (χ3n) is 3.26. The highest BCUT2D eigenvalue weighted by Crippen LogP contribution is 2.41. The number of ether oxygens (including phenoxy) is 2. The van der Waals surface area contributed by atoms with Gasteiger partial charge in [0.05, 0.1) is 19.1 Å². The lowest BCUT2D eigenvalue weighted by Gasteiger charge is -2.16. The summed E-state index contributed by atoms with van der Waals surface area (Å²) in [5.74, 6) is 3.90. The Labute approximate surface area is 119 Å². The lowest BCUT2D eigenvalue weighted by molar-refractivity contribution is 0.388. The molecule has 0 aliphatic heterocycles. The van der Waals surface area contributed by atoms with Crippen molar-refractivity contribution in [2.24, 2.45) is 11.7 Å². The molecule has 1 atom stereocenters. The second-order valence-corrected chi connectivity index (χ2v) is 6.32. The summed E-state index contributed by atoms with van der Waals surface area (Å²) in [6.45, 7) is 2.01. The maximum atomic E-state index is 5.92. The van der Waals surface area contributed by atoms with Gasteiger partial charge in [0.25, 0.3) is 0 Å². The molecule has 2 rings (SSSR count). The molecule has 0 bridgehead atoms. The minimum Gasteiger partial charge on any atom is -0.497 e. The van der Waals surface area contributed by atoms with Gasteiger partial charge < -0.3 is 15.2 Å². The number of nitrogens with two attached hydrogens (primary N) is 1. The van der Waals surface area contributed by atoms with Crippen LogP contribution in [0.2, 0.25) is 0 Å². The van der Waals surface area contributed by atoms with E-state index in [-0.39, 0.29) is 6.04 Å². The smallest absolute Gasteiger partial charge is 0.135 e. The topological polar surface area (TPSA) is 44.5 Å². The van der Waals surface area contributed by atoms with Crippen molar-refractivity contribution < 1.29 is 9.47 Å². The van der Waals surface area contributed by atoms with Crippen molar-refractivity contribution >= 4 is 11.8 Å². The Morgan fingerprint density at radius 1 is 1.32 bits per heavy atom. The summed E-state index contributed by atoms with van der Waals surface area (Å²) in [4.78, 5) is 1.17. The first-order valence-electron chi connectivity index (χ1n) is 6.77. The second-order valence-electron chi connectivity index (χ2n) is 5.25. The largest absolute Gasteiger partial charge is 0.497 e. The van der Waals surface area contributed by atoms with Gasteiger partial charge in [-0.1, -0.05) is 0 Å². The van der Waals surface area contributed by atoms with E-state index in [0.717, 1.165) is 29.4 Å². The van der Waals surface area contributed by atoms with Crippen molar-refractivity contribution in [2.75, 3.05) is 20.0 Å². The van der Waals surface area contributed by atoms with E-state index in [1.54, 1.807) is 14.2 Å². The molecule has 19 heavy (non-hydrogen) atoms. The number of methoxy groups -OCH3 is 2. The Morgan fingerprint density at radius 2 is 2.05 bits per heavy atom. The van der Waals surface area contributed by atoms with Crippen LogP contribution in [0, 0.1) is 5.92 Å². The molecule has 4 heteroatoms. The fraction of sp³-hybridized carbons (Fsp3) is 0.600. The monoisotopic (exact) mass is 282 g/mol. The molecule has 1 unspecified atom stereocenters. The normalized spacial score (nSPS) is 16.2. The maximum absolute atomic E-state index is 5.92. The Kier molecular flexibility index (Phi) is 4.99. The van der Waals surface area contributed by atoms with E-state index in [0.29, 0.717) is 0 Å². The van der Waals surface area contributed by atoms with Crippen LogP contribution in [0.3, 0.4) is 0 Å². The van der Waals surface area contributed by atoms with E-state index in [1.165, 1.54) is 23.5 Å². The van der Waals surface area contributed by atoms with Crippen molar-refractivity contribution in [1.29, 1.82) is 0 Å². The van der Waals surface area contributed by atoms with Crippen LogP contribution in [0.25, 0.3) is 0 Å². The van der Waals surface area contributed by atoms with Gasteiger partial charge in [-0.3, -0.25) is 0 Å². The molecule has 0 heterocycles. The summed E-state index contributed by atoms with van der Waals surface area (Å²) >= 11 is 1.87. The van der Waals surface area contributed by atoms with E-state index < -0.39 is 0 Å². The van der Waals surface area contributed by atoms with Crippen molar-refractivity contribution in [3.63, 3.8) is 0 Å². The van der Waals surface area contributed by atoms with Crippen LogP contribution >= 0.6 is 11.8 Å². The van der Waals surface area contributed by atoms with Crippen LogP contribution in [0.4, 0.5) is 0 Å². The lowest BCUT2D eigenvalue weighted by atomic mass is 10.1. The molecule has 1 fully saturated rings. The number of rotatable bonds is 7. The van der Waals surface area contributed by atoms with Gasteiger partial charge in [-0.25, -0.2) is 0 Å². The predicted molar refractivity (Wildman–Crippen MR) is 80.3 cm³/mol. The fourth-order valence-electron chi connectivity index (χ4n) is 2.08. The van der Waals surface area contributed by atoms with Gasteiger partial charge in [-0.05, 0) is 44.2 Å². The zero-order valence-corrected chi connectivity index (χ0v) is 12.8. The van der Waals surface area contributed by atoms with Crippen molar-refractivity contribution in [3.8, 4) is 11.5 Å². The zero-order valence-electron chi connectivity index (χ0n) is 11.9. The molecule has 0 radical (unpaired) electrons. The van der Waals surface area contributed by atoms with Gasteiger partial charge in [-0.2, -0.15) is 0 Å². The third kappa shape index (κ3) is 4.05. The molecule has 0 aromatic heterocycles. The van der Waals surface area contributed by atoms with Crippen LogP contribution in [0.15, 0.2) is 17.0 Å². The van der Waals surface area contributed by atoms with E-state index in [1.807, 2.05) is 24.8 Å². The van der Waals surface area contributed by atoms with Gasteiger partial charge in [0.2, 0.25) is 0 Å². The van der Waals surface area contributed by atoms with Crippen LogP contribution in [0.5, 0.6) is 11.5 Å². The highest BCUT2D eigenvalue weighted by atomic mass is 32.2. The molecule has 1 saturated carbocycles. The summed E-state index contributed by atoms with van der Waals surface area (Å²) < 4.78 is 11.0. The van der Waals surface area contributed by atoms with Crippen LogP contribution in [-0.4, -0.2) is 26.0 Å². The Balaban J connectivity index is 2.25. The van der Waals surface area contributed by atoms with Gasteiger partial charge >= 0.3 is 0 Å². The maximum Gasteiger partial charge on any atom is 0.135 e. The SMILES string of the molecule is COc1cc(SCC2CC2)c(OC)c(CC(C)N)[13cH]1. The number of hydrogen-bond acceptors (Lipinski definition) is 4. The summed E-state index contributed by atoms with van der Waals surface area (Å²) in [6.07, 6.45) is 3.54. The molecule has 1 aromatic carbocycles. The lowest BCUT2D eigenvalue weighted by Crippen LogP contribution is -2.18. The summed E-state index contributed by atoms with van der Waals surface area (Å²) in [6, 6.07) is 4.21. The molecule has 0 spiro atoms. The molecule has 0 saturated heterocycles. The Hall–Kier alpha value is -0.870. The van der Waals surface area contributed by atoms with Crippen LogP contribution in [0.1, 0.15) is 25.3 Å². The molecular formula is C15H23NO2S. The molecular weight excluding hydrogens is 259 g/mol. The first-order chi connectivity index (χ1) is 9.13. The van der Waals surface area contributed by atoms with Crippen LogP contribution < -0.4 is 15.2 Å². The second kappa shape index (κ2) is 6.53. The average molecular weight is 282 g/mol. The van der Waals surface area contributed by atoms with Crippen molar-refractivity contribution in [1.82, 2.24) is 0 Å². The van der Waals surface area contributed by atoms with Crippen LogP contribution in [-0.2, 0) is 6.42 Å². The summed E-state index contributed by atoms with van der Waals surface area (Å²) in [5, 5.41) is 0. The van der Waals surface area contributed by atoms with Gasteiger partial charge in [0.15, 0.2) is 0 Å². The quantitative estimate of drug-likeness (QED) is 0.781. The number of thioether (sulfide) groups is 1. The minimum absolute atomic E-state index is 0.113. The standard InChI is InChI=1S/C15H23NO2S/c1-10(16)6-12-7-13(17-2)8-14(15(12)18-3)19-9-11-4-5-11/h7-8,10-11H,4-6,9,16H2,1-3H3/i7+1. The number of benzene rings is 1. The summed E-state index contributed by atoms with van der Waals surface area (Å²) in [5.41, 5.74) is 7.05. The predicted octanol–water partition coefficient (Wildman–Crippen LogP) is 3.10. The molecule has 3 nitrogen and oxygen atoms in total. The Morgan fingerprint density at radius 3 is 2.58 bits per heavy atom.